The van der Waals surface area contributed by atoms with Crippen LogP contribution >= 0.6 is 11.8 Å². The first-order chi connectivity index (χ1) is 7.89. The van der Waals surface area contributed by atoms with Crippen LogP contribution in [0.25, 0.3) is 0 Å². The van der Waals surface area contributed by atoms with Crippen LogP contribution in [-0.4, -0.2) is 55.1 Å². The first-order valence-electron chi connectivity index (χ1n) is 4.02. The van der Waals surface area contributed by atoms with Crippen LogP contribution in [0, 0.1) is 0 Å². The highest BCUT2D eigenvalue weighted by Crippen LogP contribution is 1.97. The zero-order valence-corrected chi connectivity index (χ0v) is 11.5. The van der Waals surface area contributed by atoms with E-state index in [1.165, 1.54) is 0 Å². The van der Waals surface area contributed by atoms with Gasteiger partial charge in [-0.3, -0.25) is 13.9 Å². The Labute approximate surface area is 108 Å². The lowest BCUT2D eigenvalue weighted by Crippen LogP contribution is -2.30. The van der Waals surface area contributed by atoms with Crippen LogP contribution in [-0.2, 0) is 29.2 Å². The number of carbonyl (C=O) groups is 1. The molecule has 0 bridgehead atoms. The van der Waals surface area contributed by atoms with E-state index in [4.69, 9.17) is 19.9 Å². The third kappa shape index (κ3) is 17.9. The van der Waals surface area contributed by atoms with Crippen molar-refractivity contribution in [3.63, 3.8) is 0 Å². The average Bonchev–Trinajstić information content (AvgIpc) is 2.08. The first-order valence-corrected chi connectivity index (χ1v) is 8.14. The molecule has 0 heterocycles. The van der Waals surface area contributed by atoms with E-state index in [-0.39, 0.29) is 0 Å². The zero-order valence-electron chi connectivity index (χ0n) is 9.08. The minimum absolute atomic E-state index is 0.552. The Morgan fingerprint density at radius 1 is 1.28 bits per heavy atom. The fourth-order valence-electron chi connectivity index (χ4n) is 0.477. The predicted molar refractivity (Wildman–Crippen MR) is 62.8 cm³/mol. The fourth-order valence-corrected chi connectivity index (χ4v) is 1.84. The first kappa shape index (κ1) is 19.9. The number of hydrogen-bond acceptors (Lipinski definition) is 8. The Morgan fingerprint density at radius 3 is 1.83 bits per heavy atom. The second kappa shape index (κ2) is 8.63. The number of rotatable bonds is 6. The van der Waals surface area contributed by atoms with Gasteiger partial charge in [-0.1, -0.05) is 0 Å². The van der Waals surface area contributed by atoms with Crippen LogP contribution in [0.2, 0.25) is 0 Å². The van der Waals surface area contributed by atoms with Crippen LogP contribution in [0.5, 0.6) is 0 Å². The molecule has 0 aliphatic heterocycles. The minimum atomic E-state index is -5.12. The Morgan fingerprint density at radius 2 is 1.67 bits per heavy atom. The van der Waals surface area contributed by atoms with Gasteiger partial charge in [-0.25, -0.2) is 0 Å². The van der Waals surface area contributed by atoms with Gasteiger partial charge in [0.05, 0.1) is 0 Å². The summed E-state index contributed by atoms with van der Waals surface area (Å²) in [6, 6.07) is -0.683. The Hall–Kier alpha value is -0.440. The predicted octanol–water partition coefficient (Wildman–Crippen LogP) is -1.24. The summed E-state index contributed by atoms with van der Waals surface area (Å²) in [5.41, 5.74) is 5.19. The molecule has 1 atom stereocenters. The quantitative estimate of drug-likeness (QED) is 0.428. The van der Waals surface area contributed by atoms with Gasteiger partial charge in [0.15, 0.2) is 0 Å². The van der Waals surface area contributed by atoms with Gasteiger partial charge in [0.1, 0.15) is 6.04 Å². The maximum Gasteiger partial charge on any atom is 0.413 e. The molecule has 0 aliphatic carbocycles. The molecule has 0 aliphatic rings. The molecule has 0 rings (SSSR count). The molecule has 0 aromatic heterocycles. The van der Waals surface area contributed by atoms with Crippen molar-refractivity contribution in [2.24, 2.45) is 5.73 Å². The van der Waals surface area contributed by atoms with Gasteiger partial charge < -0.3 is 10.8 Å². The molecule has 0 saturated carbocycles. The van der Waals surface area contributed by atoms with E-state index in [1.807, 2.05) is 6.26 Å². The summed E-state index contributed by atoms with van der Waals surface area (Å²) < 4.78 is 55.6. The van der Waals surface area contributed by atoms with Crippen molar-refractivity contribution in [1.29, 1.82) is 0 Å². The summed E-state index contributed by atoms with van der Waals surface area (Å²) >= 11 is 1.60. The number of thioether (sulfide) groups is 1. The summed E-state index contributed by atoms with van der Waals surface area (Å²) in [5, 5.41) is 8.27. The van der Waals surface area contributed by atoms with Crippen LogP contribution < -0.4 is 5.73 Å². The SMILES string of the molecule is CSCCC(N)C(=O)O.O=S(=O)(O)OS(=O)(=O)O. The molecule has 0 saturated heterocycles. The van der Waals surface area contributed by atoms with E-state index in [0.717, 1.165) is 5.75 Å². The average molecular weight is 327 g/mol. The van der Waals surface area contributed by atoms with Crippen LogP contribution in [0.3, 0.4) is 0 Å². The molecule has 110 valence electrons. The lowest BCUT2D eigenvalue weighted by molar-refractivity contribution is -0.138. The van der Waals surface area contributed by atoms with Crippen LogP contribution in [0.15, 0.2) is 0 Å². The fraction of sp³-hybridized carbons (Fsp3) is 0.800. The Balaban J connectivity index is 0. The standard InChI is InChI=1S/C5H11NO2S.H2O7S2/c1-9-3-2-4(6)5(7)8;1-8(2,3)7-9(4,5)6/h4H,2-3,6H2,1H3,(H,7,8);(H,1,2,3)(H,4,5,6). The number of nitrogens with two attached hydrogens (primary N) is 1. The van der Waals surface area contributed by atoms with Crippen LogP contribution in [0.4, 0.5) is 0 Å². The van der Waals surface area contributed by atoms with Gasteiger partial charge in [0.2, 0.25) is 0 Å². The summed E-state index contributed by atoms with van der Waals surface area (Å²) in [6.45, 7) is 0. The normalized spacial score (nSPS) is 13.3. The maximum absolute atomic E-state index is 10.1. The number of hydrogen-bond donors (Lipinski definition) is 4. The Kier molecular flexibility index (Phi) is 9.53. The van der Waals surface area contributed by atoms with Crippen molar-refractivity contribution in [1.82, 2.24) is 0 Å². The largest absolute Gasteiger partial charge is 0.480 e. The van der Waals surface area contributed by atoms with Crippen molar-refractivity contribution in [3.8, 4) is 0 Å². The van der Waals surface area contributed by atoms with Crippen molar-refractivity contribution in [2.75, 3.05) is 12.0 Å². The highest BCUT2D eigenvalue weighted by molar-refractivity contribution is 7.98. The molecule has 10 nitrogen and oxygen atoms in total. The van der Waals surface area contributed by atoms with Crippen molar-refractivity contribution in [3.05, 3.63) is 0 Å². The van der Waals surface area contributed by atoms with Gasteiger partial charge in [0, 0.05) is 0 Å². The summed E-state index contributed by atoms with van der Waals surface area (Å²) in [4.78, 5) is 10.1. The molecule has 1 unspecified atom stereocenters. The highest BCUT2D eigenvalue weighted by atomic mass is 32.3. The van der Waals surface area contributed by atoms with E-state index in [0.29, 0.717) is 6.42 Å². The second-order valence-corrected chi connectivity index (χ2v) is 5.89. The van der Waals surface area contributed by atoms with Crippen LogP contribution in [0.1, 0.15) is 6.42 Å². The molecule has 0 spiro atoms. The van der Waals surface area contributed by atoms with Gasteiger partial charge >= 0.3 is 26.8 Å². The molecule has 0 radical (unpaired) electrons. The molecule has 13 heteroatoms. The molecule has 0 aromatic carbocycles. The number of carboxylic acids is 1. The van der Waals surface area contributed by atoms with Crippen molar-refractivity contribution in [2.45, 2.75) is 12.5 Å². The minimum Gasteiger partial charge on any atom is -0.480 e. The van der Waals surface area contributed by atoms with E-state index in [9.17, 15) is 21.6 Å². The lowest BCUT2D eigenvalue weighted by Gasteiger charge is -2.02. The Bertz CT molecular complexity index is 411. The van der Waals surface area contributed by atoms with E-state index < -0.39 is 32.8 Å². The molecule has 0 fully saturated rings. The number of aliphatic carboxylic acids is 1. The van der Waals surface area contributed by atoms with Crippen molar-refractivity contribution < 1.29 is 39.5 Å². The molecule has 0 amide bonds. The van der Waals surface area contributed by atoms with Gasteiger partial charge in [-0.2, -0.15) is 28.6 Å². The topological polar surface area (TPSA) is 181 Å². The third-order valence-corrected chi connectivity index (χ3v) is 3.14. The lowest BCUT2D eigenvalue weighted by atomic mass is 10.2. The maximum atomic E-state index is 10.1. The van der Waals surface area contributed by atoms with Crippen molar-refractivity contribution >= 4 is 38.5 Å². The summed E-state index contributed by atoms with van der Waals surface area (Å²) in [5.74, 6) is -0.1000. The van der Waals surface area contributed by atoms with E-state index >= 15 is 0 Å². The molecule has 0 aromatic rings. The summed E-state index contributed by atoms with van der Waals surface area (Å²) in [7, 11) is -10.2. The second-order valence-electron chi connectivity index (χ2n) is 2.65. The van der Waals surface area contributed by atoms with E-state index in [1.54, 1.807) is 11.8 Å². The van der Waals surface area contributed by atoms with Gasteiger partial charge in [-0.15, -0.1) is 3.63 Å². The highest BCUT2D eigenvalue weighted by Gasteiger charge is 2.15. The smallest absolute Gasteiger partial charge is 0.413 e. The third-order valence-electron chi connectivity index (χ3n) is 1.12. The van der Waals surface area contributed by atoms with Gasteiger partial charge in [-0.05, 0) is 18.4 Å². The van der Waals surface area contributed by atoms with E-state index in [2.05, 4.69) is 3.63 Å². The molecular weight excluding hydrogens is 314 g/mol. The van der Waals surface area contributed by atoms with Gasteiger partial charge in [0.25, 0.3) is 0 Å². The summed E-state index contributed by atoms with van der Waals surface area (Å²) in [6.07, 6.45) is 2.48. The molecule has 18 heavy (non-hydrogen) atoms. The number of carboxylic acid groups (broad SMARTS) is 1. The monoisotopic (exact) mass is 327 g/mol. The zero-order chi connectivity index (χ0) is 15.0. The molecular formula is C5H13NO9S3. The molecule has 5 N–H and O–H groups in total.